The van der Waals surface area contributed by atoms with Crippen LogP contribution in [-0.2, 0) is 0 Å². The number of nitro benzene ring substituents is 2. The van der Waals surface area contributed by atoms with Crippen LogP contribution in [-0.4, -0.2) is 15.6 Å². The Hall–Kier alpha value is -4.67. The molecule has 0 aliphatic heterocycles. The molecule has 0 N–H and O–H groups in total. The number of hydrogen-bond acceptors (Lipinski definition) is 9. The van der Waals surface area contributed by atoms with Crippen LogP contribution in [0, 0.1) is 20.2 Å². The number of nitro groups is 2. The minimum absolute atomic E-state index is 0.0170. The number of non-ortho nitro benzene ring substituents is 2. The molecule has 4 aromatic rings. The van der Waals surface area contributed by atoms with Gasteiger partial charge < -0.3 is 8.83 Å². The number of rotatable bonds is 4. The molecule has 0 spiro atoms. The number of carbonyl (C=O) groups is 1. The van der Waals surface area contributed by atoms with Gasteiger partial charge in [0.25, 0.3) is 11.4 Å². The van der Waals surface area contributed by atoms with Gasteiger partial charge in [-0.1, -0.05) is 0 Å². The van der Waals surface area contributed by atoms with Crippen molar-refractivity contribution < 1.29 is 23.5 Å². The zero-order chi connectivity index (χ0) is 21.6. The molecular weight excluding hydrogens is 400 g/mol. The minimum atomic E-state index is -1.06. The van der Waals surface area contributed by atoms with Gasteiger partial charge in [0, 0.05) is 35.0 Å². The lowest BCUT2D eigenvalue weighted by molar-refractivity contribution is -0.384. The van der Waals surface area contributed by atoms with Gasteiger partial charge in [0.15, 0.2) is 0 Å². The van der Waals surface area contributed by atoms with Crippen molar-refractivity contribution in [1.82, 2.24) is 0 Å². The summed E-state index contributed by atoms with van der Waals surface area (Å²) in [6, 6.07) is 9.08. The average molecular weight is 408 g/mol. The fraction of sp³-hybridized carbons (Fsp3) is 0. The molecule has 0 atom stereocenters. The Labute approximate surface area is 164 Å². The first kappa shape index (κ1) is 18.7. The van der Waals surface area contributed by atoms with Crippen LogP contribution in [0.5, 0.6) is 0 Å². The summed E-state index contributed by atoms with van der Waals surface area (Å²) in [7, 11) is 0. The fourth-order valence-corrected chi connectivity index (χ4v) is 2.91. The highest BCUT2D eigenvalue weighted by Gasteiger charge is 2.22. The molecule has 11 heteroatoms. The molecule has 0 saturated carbocycles. The molecule has 4 rings (SSSR count). The minimum Gasteiger partial charge on any atom is -0.422 e. The lowest BCUT2D eigenvalue weighted by Gasteiger charge is -2.03. The molecule has 11 nitrogen and oxygen atoms in total. The van der Waals surface area contributed by atoms with Gasteiger partial charge in [-0.2, -0.15) is 0 Å². The molecule has 0 aliphatic carbocycles. The Balaban J connectivity index is 1.89. The maximum atomic E-state index is 12.8. The van der Waals surface area contributed by atoms with Crippen LogP contribution >= 0.6 is 0 Å². The lowest BCUT2D eigenvalue weighted by Crippen LogP contribution is -2.20. The Morgan fingerprint density at radius 3 is 1.47 bits per heavy atom. The van der Waals surface area contributed by atoms with E-state index in [0.717, 1.165) is 36.4 Å². The highest BCUT2D eigenvalue weighted by atomic mass is 16.6. The smallest absolute Gasteiger partial charge is 0.347 e. The van der Waals surface area contributed by atoms with Gasteiger partial charge in [-0.05, 0) is 24.3 Å². The summed E-state index contributed by atoms with van der Waals surface area (Å²) in [5.74, 6) is -1.04. The Kier molecular flexibility index (Phi) is 4.20. The highest BCUT2D eigenvalue weighted by molar-refractivity contribution is 6.10. The first-order chi connectivity index (χ1) is 14.2. The van der Waals surface area contributed by atoms with Crippen LogP contribution < -0.4 is 11.3 Å². The average Bonchev–Trinajstić information content (AvgIpc) is 2.71. The number of fused-ring (bicyclic) bond motifs is 2. The summed E-state index contributed by atoms with van der Waals surface area (Å²) in [5, 5.41) is 22.1. The van der Waals surface area contributed by atoms with Crippen molar-refractivity contribution in [2.75, 3.05) is 0 Å². The molecule has 0 aliphatic rings. The fourth-order valence-electron chi connectivity index (χ4n) is 2.91. The van der Waals surface area contributed by atoms with E-state index in [9.17, 15) is 34.6 Å². The third kappa shape index (κ3) is 3.09. The predicted molar refractivity (Wildman–Crippen MR) is 102 cm³/mol. The SMILES string of the molecule is O=C(c1cc2cc([N+](=O)[O-])ccc2oc1=O)c1cc2cc([N+](=O)[O-])ccc2oc1=O. The highest BCUT2D eigenvalue weighted by Crippen LogP contribution is 2.23. The number of nitrogens with zero attached hydrogens (tertiary/aromatic N) is 2. The van der Waals surface area contributed by atoms with Gasteiger partial charge in [-0.25, -0.2) is 9.59 Å². The van der Waals surface area contributed by atoms with Crippen LogP contribution in [0.4, 0.5) is 11.4 Å². The van der Waals surface area contributed by atoms with E-state index in [4.69, 9.17) is 8.83 Å². The molecule has 0 amide bonds. The zero-order valence-electron chi connectivity index (χ0n) is 14.7. The maximum absolute atomic E-state index is 12.8. The lowest BCUT2D eigenvalue weighted by atomic mass is 10.0. The quantitative estimate of drug-likeness (QED) is 0.214. The van der Waals surface area contributed by atoms with Crippen LogP contribution in [0.25, 0.3) is 21.9 Å². The molecule has 2 aromatic carbocycles. The summed E-state index contributed by atoms with van der Waals surface area (Å²) < 4.78 is 10.1. The maximum Gasteiger partial charge on any atom is 0.347 e. The molecule has 0 unspecified atom stereocenters. The van der Waals surface area contributed by atoms with Crippen molar-refractivity contribution >= 4 is 39.1 Å². The van der Waals surface area contributed by atoms with E-state index in [1.807, 2.05) is 0 Å². The second-order valence-electron chi connectivity index (χ2n) is 6.18. The van der Waals surface area contributed by atoms with Gasteiger partial charge in [0.1, 0.15) is 22.3 Å². The van der Waals surface area contributed by atoms with E-state index in [2.05, 4.69) is 0 Å². The monoisotopic (exact) mass is 408 g/mol. The topological polar surface area (TPSA) is 164 Å². The number of ketones is 1. The van der Waals surface area contributed by atoms with E-state index in [1.165, 1.54) is 12.1 Å². The van der Waals surface area contributed by atoms with Crippen molar-refractivity contribution in [3.05, 3.63) is 101 Å². The zero-order valence-corrected chi connectivity index (χ0v) is 14.7. The number of benzene rings is 2. The third-order valence-corrected chi connectivity index (χ3v) is 4.34. The van der Waals surface area contributed by atoms with Crippen molar-refractivity contribution in [3.8, 4) is 0 Å². The summed E-state index contributed by atoms with van der Waals surface area (Å²) in [6.07, 6.45) is 0. The Bertz CT molecular complexity index is 1400. The van der Waals surface area contributed by atoms with Crippen LogP contribution in [0.15, 0.2) is 67.0 Å². The molecule has 2 heterocycles. The van der Waals surface area contributed by atoms with E-state index < -0.39 is 38.0 Å². The van der Waals surface area contributed by atoms with Gasteiger partial charge >= 0.3 is 11.3 Å². The largest absolute Gasteiger partial charge is 0.422 e. The molecule has 2 aromatic heterocycles. The van der Waals surface area contributed by atoms with E-state index in [1.54, 1.807) is 0 Å². The summed E-state index contributed by atoms with van der Waals surface area (Å²) >= 11 is 0. The van der Waals surface area contributed by atoms with Gasteiger partial charge in [0.05, 0.1) is 9.85 Å². The molecule has 0 radical (unpaired) electrons. The molecule has 0 saturated heterocycles. The predicted octanol–water partition coefficient (Wildman–Crippen LogP) is 2.95. The molecular formula is C19H8N2O9. The Morgan fingerprint density at radius 1 is 0.700 bits per heavy atom. The first-order valence-corrected chi connectivity index (χ1v) is 8.24. The number of carbonyl (C=O) groups excluding carboxylic acids is 1. The van der Waals surface area contributed by atoms with Crippen LogP contribution in [0.3, 0.4) is 0 Å². The van der Waals surface area contributed by atoms with Gasteiger partial charge in [-0.15, -0.1) is 0 Å². The summed E-state index contributed by atoms with van der Waals surface area (Å²) in [6.45, 7) is 0. The van der Waals surface area contributed by atoms with Crippen molar-refractivity contribution in [2.24, 2.45) is 0 Å². The first-order valence-electron chi connectivity index (χ1n) is 8.24. The standard InChI is InChI=1S/C19H8N2O9/c22-17(13-7-9-5-11(20(25)26)1-3-15(9)29-18(13)23)14-8-10-6-12(21(27)28)2-4-16(10)30-19(14)24/h1-8H. The van der Waals surface area contributed by atoms with Gasteiger partial charge in [-0.3, -0.25) is 25.0 Å². The van der Waals surface area contributed by atoms with E-state index in [0.29, 0.717) is 0 Å². The molecule has 0 bridgehead atoms. The van der Waals surface area contributed by atoms with Crippen LogP contribution in [0.1, 0.15) is 15.9 Å². The Morgan fingerprint density at radius 2 is 1.10 bits per heavy atom. The second-order valence-corrected chi connectivity index (χ2v) is 6.18. The molecule has 148 valence electrons. The summed E-state index contributed by atoms with van der Waals surface area (Å²) in [4.78, 5) is 57.9. The molecule has 0 fully saturated rings. The molecule has 30 heavy (non-hydrogen) atoms. The van der Waals surface area contributed by atoms with Crippen molar-refractivity contribution in [2.45, 2.75) is 0 Å². The van der Waals surface area contributed by atoms with Crippen molar-refractivity contribution in [3.63, 3.8) is 0 Å². The summed E-state index contributed by atoms with van der Waals surface area (Å²) in [5.41, 5.74) is -3.73. The number of hydrogen-bond donors (Lipinski definition) is 0. The van der Waals surface area contributed by atoms with E-state index in [-0.39, 0.29) is 33.3 Å². The second kappa shape index (κ2) is 6.74. The van der Waals surface area contributed by atoms with Crippen molar-refractivity contribution in [1.29, 1.82) is 0 Å². The van der Waals surface area contributed by atoms with Crippen LogP contribution in [0.2, 0.25) is 0 Å². The van der Waals surface area contributed by atoms with E-state index >= 15 is 0 Å². The van der Waals surface area contributed by atoms with Gasteiger partial charge in [0.2, 0.25) is 5.78 Å². The third-order valence-electron chi connectivity index (χ3n) is 4.34. The normalized spacial score (nSPS) is 10.9.